The number of rotatable bonds is 5. The summed E-state index contributed by atoms with van der Waals surface area (Å²) in [5.41, 5.74) is -0.806. The third-order valence-corrected chi connectivity index (χ3v) is 3.50. The number of ether oxygens (including phenoxy) is 1. The third kappa shape index (κ3) is 3.42. The van der Waals surface area contributed by atoms with Gasteiger partial charge in [-0.3, -0.25) is 9.69 Å². The van der Waals surface area contributed by atoms with Crippen molar-refractivity contribution in [3.05, 3.63) is 0 Å². The van der Waals surface area contributed by atoms with Crippen molar-refractivity contribution < 1.29 is 14.6 Å². The smallest absolute Gasteiger partial charge is 0.324 e. The van der Waals surface area contributed by atoms with Gasteiger partial charge in [-0.25, -0.2) is 0 Å². The zero-order valence-corrected chi connectivity index (χ0v) is 11.5. The standard InChI is InChI=1S/C13H25NO3/c1-5-13(11(15)16)7-6-8-14(13)9-10-17-12(2,3)4/h5-10H2,1-4H3,(H,15,16). The molecule has 1 saturated heterocycles. The molecule has 1 N–H and O–H groups in total. The van der Waals surface area contributed by atoms with Crippen LogP contribution in [0.25, 0.3) is 0 Å². The van der Waals surface area contributed by atoms with Gasteiger partial charge >= 0.3 is 5.97 Å². The van der Waals surface area contributed by atoms with Crippen LogP contribution in [0.15, 0.2) is 0 Å². The summed E-state index contributed by atoms with van der Waals surface area (Å²) >= 11 is 0. The summed E-state index contributed by atoms with van der Waals surface area (Å²) in [7, 11) is 0. The Morgan fingerprint density at radius 1 is 1.47 bits per heavy atom. The highest BCUT2D eigenvalue weighted by Gasteiger charge is 2.45. The Morgan fingerprint density at radius 3 is 2.59 bits per heavy atom. The van der Waals surface area contributed by atoms with E-state index in [-0.39, 0.29) is 5.60 Å². The summed E-state index contributed by atoms with van der Waals surface area (Å²) in [5, 5.41) is 9.41. The summed E-state index contributed by atoms with van der Waals surface area (Å²) in [6.07, 6.45) is 2.39. The van der Waals surface area contributed by atoms with Gasteiger partial charge in [0.1, 0.15) is 5.54 Å². The lowest BCUT2D eigenvalue weighted by Crippen LogP contribution is -2.51. The lowest BCUT2D eigenvalue weighted by molar-refractivity contribution is -0.150. The Hall–Kier alpha value is -0.610. The van der Waals surface area contributed by atoms with Crippen molar-refractivity contribution in [1.82, 2.24) is 4.90 Å². The monoisotopic (exact) mass is 243 g/mol. The number of carboxylic acids is 1. The van der Waals surface area contributed by atoms with Crippen LogP contribution in [0.5, 0.6) is 0 Å². The molecule has 1 atom stereocenters. The van der Waals surface area contributed by atoms with Crippen LogP contribution in [0.1, 0.15) is 47.0 Å². The molecule has 100 valence electrons. The minimum atomic E-state index is -0.687. The van der Waals surface area contributed by atoms with Crippen LogP contribution in [0.3, 0.4) is 0 Å². The Balaban J connectivity index is 2.55. The Labute approximate surface area is 104 Å². The number of hydrogen-bond donors (Lipinski definition) is 1. The van der Waals surface area contributed by atoms with Crippen molar-refractivity contribution >= 4 is 5.97 Å². The Morgan fingerprint density at radius 2 is 2.12 bits per heavy atom. The predicted octanol–water partition coefficient (Wildman–Crippen LogP) is 2.13. The summed E-state index contributed by atoms with van der Waals surface area (Å²) in [6, 6.07) is 0. The maximum absolute atomic E-state index is 11.4. The lowest BCUT2D eigenvalue weighted by atomic mass is 9.93. The van der Waals surface area contributed by atoms with Crippen LogP contribution in [0.4, 0.5) is 0 Å². The minimum absolute atomic E-state index is 0.155. The van der Waals surface area contributed by atoms with Crippen molar-refractivity contribution in [1.29, 1.82) is 0 Å². The van der Waals surface area contributed by atoms with E-state index in [9.17, 15) is 9.90 Å². The maximum atomic E-state index is 11.4. The topological polar surface area (TPSA) is 49.8 Å². The molecule has 17 heavy (non-hydrogen) atoms. The van der Waals surface area contributed by atoms with Crippen molar-refractivity contribution in [2.24, 2.45) is 0 Å². The molecule has 0 spiro atoms. The molecule has 0 saturated carbocycles. The number of hydrogen-bond acceptors (Lipinski definition) is 3. The van der Waals surface area contributed by atoms with E-state index in [2.05, 4.69) is 4.90 Å². The quantitative estimate of drug-likeness (QED) is 0.803. The van der Waals surface area contributed by atoms with Gasteiger partial charge in [-0.05, 0) is 46.6 Å². The molecule has 1 rings (SSSR count). The van der Waals surface area contributed by atoms with Crippen LogP contribution in [-0.2, 0) is 9.53 Å². The fourth-order valence-electron chi connectivity index (χ4n) is 2.52. The maximum Gasteiger partial charge on any atom is 0.324 e. The molecular weight excluding hydrogens is 218 g/mol. The van der Waals surface area contributed by atoms with Crippen LogP contribution in [0.2, 0.25) is 0 Å². The van der Waals surface area contributed by atoms with E-state index in [1.807, 2.05) is 27.7 Å². The second-order valence-electron chi connectivity index (χ2n) is 5.74. The molecule has 0 aliphatic carbocycles. The van der Waals surface area contributed by atoms with Gasteiger partial charge in [0, 0.05) is 6.54 Å². The molecule has 0 aromatic carbocycles. The highest BCUT2D eigenvalue weighted by Crippen LogP contribution is 2.32. The van der Waals surface area contributed by atoms with Crippen molar-refractivity contribution in [2.75, 3.05) is 19.7 Å². The summed E-state index contributed by atoms with van der Waals surface area (Å²) in [6.45, 7) is 10.2. The first-order chi connectivity index (χ1) is 7.82. The van der Waals surface area contributed by atoms with Gasteiger partial charge in [0.2, 0.25) is 0 Å². The number of carbonyl (C=O) groups is 1. The average Bonchev–Trinajstić information content (AvgIpc) is 2.60. The normalized spacial score (nSPS) is 26.4. The van der Waals surface area contributed by atoms with Crippen molar-refractivity contribution in [3.8, 4) is 0 Å². The zero-order valence-electron chi connectivity index (χ0n) is 11.5. The van der Waals surface area contributed by atoms with Crippen LogP contribution in [-0.4, -0.2) is 46.8 Å². The van der Waals surface area contributed by atoms with E-state index in [4.69, 9.17) is 4.74 Å². The number of aliphatic carboxylic acids is 1. The molecular formula is C13H25NO3. The van der Waals surface area contributed by atoms with Crippen molar-refractivity contribution in [3.63, 3.8) is 0 Å². The first-order valence-corrected chi connectivity index (χ1v) is 6.44. The van der Waals surface area contributed by atoms with Crippen LogP contribution >= 0.6 is 0 Å². The predicted molar refractivity (Wildman–Crippen MR) is 67.2 cm³/mol. The molecule has 1 aliphatic rings. The van der Waals surface area contributed by atoms with E-state index < -0.39 is 11.5 Å². The summed E-state index contributed by atoms with van der Waals surface area (Å²) in [5.74, 6) is -0.687. The molecule has 1 heterocycles. The van der Waals surface area contributed by atoms with E-state index in [1.165, 1.54) is 0 Å². The van der Waals surface area contributed by atoms with Gasteiger partial charge in [-0.15, -0.1) is 0 Å². The molecule has 1 fully saturated rings. The molecule has 1 aliphatic heterocycles. The van der Waals surface area contributed by atoms with E-state index in [0.717, 1.165) is 19.4 Å². The molecule has 1 unspecified atom stereocenters. The number of carboxylic acid groups (broad SMARTS) is 1. The second kappa shape index (κ2) is 5.36. The Kier molecular flexibility index (Phi) is 4.55. The zero-order chi connectivity index (χ0) is 13.1. The SMILES string of the molecule is CCC1(C(=O)O)CCCN1CCOC(C)(C)C. The van der Waals surface area contributed by atoms with Crippen LogP contribution < -0.4 is 0 Å². The van der Waals surface area contributed by atoms with Gasteiger partial charge in [0.05, 0.1) is 12.2 Å². The lowest BCUT2D eigenvalue weighted by Gasteiger charge is -2.34. The molecule has 0 aromatic heterocycles. The van der Waals surface area contributed by atoms with Gasteiger partial charge < -0.3 is 9.84 Å². The largest absolute Gasteiger partial charge is 0.480 e. The highest BCUT2D eigenvalue weighted by molar-refractivity contribution is 5.79. The summed E-state index contributed by atoms with van der Waals surface area (Å²) < 4.78 is 5.67. The molecule has 4 heteroatoms. The number of nitrogens with zero attached hydrogens (tertiary/aromatic N) is 1. The first kappa shape index (κ1) is 14.5. The minimum Gasteiger partial charge on any atom is -0.480 e. The first-order valence-electron chi connectivity index (χ1n) is 6.44. The van der Waals surface area contributed by atoms with Gasteiger partial charge in [0.25, 0.3) is 0 Å². The van der Waals surface area contributed by atoms with E-state index in [1.54, 1.807) is 0 Å². The van der Waals surface area contributed by atoms with Gasteiger partial charge in [-0.2, -0.15) is 0 Å². The summed E-state index contributed by atoms with van der Waals surface area (Å²) in [4.78, 5) is 13.5. The molecule has 0 bridgehead atoms. The van der Waals surface area contributed by atoms with E-state index >= 15 is 0 Å². The third-order valence-electron chi connectivity index (χ3n) is 3.50. The molecule has 0 aromatic rings. The molecule has 0 amide bonds. The highest BCUT2D eigenvalue weighted by atomic mass is 16.5. The van der Waals surface area contributed by atoms with Crippen molar-refractivity contribution in [2.45, 2.75) is 58.1 Å². The average molecular weight is 243 g/mol. The molecule has 0 radical (unpaired) electrons. The fourth-order valence-corrected chi connectivity index (χ4v) is 2.52. The van der Waals surface area contributed by atoms with Gasteiger partial charge in [-0.1, -0.05) is 6.92 Å². The second-order valence-corrected chi connectivity index (χ2v) is 5.74. The van der Waals surface area contributed by atoms with Crippen LogP contribution in [0, 0.1) is 0 Å². The number of likely N-dealkylation sites (tertiary alicyclic amines) is 1. The van der Waals surface area contributed by atoms with E-state index in [0.29, 0.717) is 19.6 Å². The fraction of sp³-hybridized carbons (Fsp3) is 0.923. The molecule has 4 nitrogen and oxygen atoms in total. The van der Waals surface area contributed by atoms with Gasteiger partial charge in [0.15, 0.2) is 0 Å². The Bertz CT molecular complexity index is 272.